The van der Waals surface area contributed by atoms with Crippen LogP contribution in [0.4, 0.5) is 4.39 Å². The molecule has 2 aromatic carbocycles. The molecule has 26 heavy (non-hydrogen) atoms. The van der Waals surface area contributed by atoms with Crippen molar-refractivity contribution in [3.8, 4) is 0 Å². The number of nitrogens with zero attached hydrogens (tertiary/aromatic N) is 2. The molecule has 1 aliphatic rings. The van der Waals surface area contributed by atoms with Gasteiger partial charge in [-0.1, -0.05) is 23.7 Å². The number of hydrogen-bond donors (Lipinski definition) is 0. The van der Waals surface area contributed by atoms with Crippen molar-refractivity contribution < 1.29 is 12.8 Å². The highest BCUT2D eigenvalue weighted by Gasteiger charge is 2.37. The van der Waals surface area contributed by atoms with Gasteiger partial charge in [-0.25, -0.2) is 12.8 Å². The van der Waals surface area contributed by atoms with E-state index in [1.807, 2.05) is 30.5 Å². The average molecular weight is 391 g/mol. The Bertz CT molecular complexity index is 1030. The summed E-state index contributed by atoms with van der Waals surface area (Å²) >= 11 is 5.99. The molecule has 0 amide bonds. The van der Waals surface area contributed by atoms with Crippen molar-refractivity contribution in [2.45, 2.75) is 17.5 Å². The Hall–Kier alpha value is -2.15. The molecule has 0 N–H and O–H groups in total. The fraction of sp³-hybridized carbons (Fsp3) is 0.158. The summed E-state index contributed by atoms with van der Waals surface area (Å²) in [7, 11) is -3.79. The van der Waals surface area contributed by atoms with E-state index in [0.717, 1.165) is 23.4 Å². The van der Waals surface area contributed by atoms with Crippen LogP contribution < -0.4 is 0 Å². The summed E-state index contributed by atoms with van der Waals surface area (Å²) < 4.78 is 43.2. The van der Waals surface area contributed by atoms with E-state index in [2.05, 4.69) is 4.57 Å². The maximum Gasteiger partial charge on any atom is 0.244 e. The topological polar surface area (TPSA) is 42.3 Å². The van der Waals surface area contributed by atoms with Gasteiger partial charge in [0.2, 0.25) is 10.0 Å². The summed E-state index contributed by atoms with van der Waals surface area (Å²) in [5.41, 5.74) is 1.73. The molecule has 1 unspecified atom stereocenters. The van der Waals surface area contributed by atoms with Crippen LogP contribution in [0.25, 0.3) is 0 Å². The maximum absolute atomic E-state index is 13.2. The summed E-state index contributed by atoms with van der Waals surface area (Å²) in [6, 6.07) is 15.5. The molecule has 2 heterocycles. The fourth-order valence-electron chi connectivity index (χ4n) is 3.35. The van der Waals surface area contributed by atoms with Gasteiger partial charge in [0.1, 0.15) is 5.82 Å². The lowest BCUT2D eigenvalue weighted by Gasteiger charge is -2.36. The lowest BCUT2D eigenvalue weighted by Crippen LogP contribution is -2.42. The van der Waals surface area contributed by atoms with Crippen LogP contribution in [-0.2, 0) is 16.6 Å². The Morgan fingerprint density at radius 1 is 0.962 bits per heavy atom. The van der Waals surface area contributed by atoms with Gasteiger partial charge in [0.25, 0.3) is 0 Å². The van der Waals surface area contributed by atoms with E-state index >= 15 is 0 Å². The minimum atomic E-state index is -3.79. The molecule has 4 nitrogen and oxygen atoms in total. The van der Waals surface area contributed by atoms with E-state index in [4.69, 9.17) is 11.6 Å². The van der Waals surface area contributed by atoms with Gasteiger partial charge in [-0.3, -0.25) is 0 Å². The number of aromatic nitrogens is 1. The molecular weight excluding hydrogens is 375 g/mol. The molecule has 0 radical (unpaired) electrons. The van der Waals surface area contributed by atoms with Crippen molar-refractivity contribution in [1.29, 1.82) is 0 Å². The summed E-state index contributed by atoms with van der Waals surface area (Å²) in [6.45, 7) is 0.890. The van der Waals surface area contributed by atoms with Crippen LogP contribution in [-0.4, -0.2) is 23.8 Å². The second-order valence-corrected chi connectivity index (χ2v) is 8.48. The first-order chi connectivity index (χ1) is 12.5. The highest BCUT2D eigenvalue weighted by atomic mass is 35.5. The van der Waals surface area contributed by atoms with Gasteiger partial charge in [0, 0.05) is 30.0 Å². The van der Waals surface area contributed by atoms with Crippen LogP contribution in [0.15, 0.2) is 71.8 Å². The second-order valence-electron chi connectivity index (χ2n) is 6.15. The Morgan fingerprint density at radius 3 is 2.35 bits per heavy atom. The molecule has 0 spiro atoms. The molecule has 1 atom stereocenters. The van der Waals surface area contributed by atoms with Gasteiger partial charge in [0.05, 0.1) is 10.9 Å². The van der Waals surface area contributed by atoms with Crippen LogP contribution in [0.5, 0.6) is 0 Å². The zero-order chi connectivity index (χ0) is 18.3. The molecule has 134 valence electrons. The molecule has 0 bridgehead atoms. The first-order valence-electron chi connectivity index (χ1n) is 8.15. The van der Waals surface area contributed by atoms with Crippen LogP contribution in [0.1, 0.15) is 17.3 Å². The summed E-state index contributed by atoms with van der Waals surface area (Å²) in [5, 5.41) is 0.591. The van der Waals surface area contributed by atoms with Crippen molar-refractivity contribution in [1.82, 2.24) is 8.87 Å². The average Bonchev–Trinajstić information content (AvgIpc) is 3.11. The lowest BCUT2D eigenvalue weighted by atomic mass is 10.0. The number of halogens is 2. The zero-order valence-corrected chi connectivity index (χ0v) is 15.3. The quantitative estimate of drug-likeness (QED) is 0.676. The van der Waals surface area contributed by atoms with E-state index in [1.165, 1.54) is 16.4 Å². The Kier molecular flexibility index (Phi) is 4.34. The molecule has 1 aliphatic heterocycles. The molecule has 0 aliphatic carbocycles. The van der Waals surface area contributed by atoms with Crippen molar-refractivity contribution >= 4 is 21.6 Å². The number of hydrogen-bond acceptors (Lipinski definition) is 2. The molecule has 7 heteroatoms. The van der Waals surface area contributed by atoms with E-state index in [1.54, 1.807) is 12.1 Å². The monoisotopic (exact) mass is 390 g/mol. The second kappa shape index (κ2) is 6.54. The first kappa shape index (κ1) is 17.3. The summed E-state index contributed by atoms with van der Waals surface area (Å²) in [5.74, 6) is -0.467. The molecular formula is C19H16ClFN2O2S. The number of benzene rings is 2. The van der Waals surface area contributed by atoms with E-state index in [0.29, 0.717) is 18.1 Å². The SMILES string of the molecule is O=S(=O)(c1ccc(F)cc1)N1CCn2cccc2C1c1ccc(Cl)cc1. The Balaban J connectivity index is 1.83. The third-order valence-corrected chi connectivity index (χ3v) is 6.73. The van der Waals surface area contributed by atoms with Gasteiger partial charge in [-0.2, -0.15) is 4.31 Å². The number of rotatable bonds is 3. The highest BCUT2D eigenvalue weighted by Crippen LogP contribution is 2.36. The number of sulfonamides is 1. The normalized spacial score (nSPS) is 17.8. The Morgan fingerprint density at radius 2 is 1.65 bits per heavy atom. The maximum atomic E-state index is 13.2. The third-order valence-electron chi connectivity index (χ3n) is 4.60. The van der Waals surface area contributed by atoms with Crippen molar-refractivity contribution in [3.63, 3.8) is 0 Å². The van der Waals surface area contributed by atoms with E-state index in [9.17, 15) is 12.8 Å². The van der Waals surface area contributed by atoms with E-state index < -0.39 is 21.9 Å². The molecule has 0 saturated carbocycles. The van der Waals surface area contributed by atoms with Gasteiger partial charge >= 0.3 is 0 Å². The van der Waals surface area contributed by atoms with Crippen molar-refractivity contribution in [2.75, 3.05) is 6.54 Å². The van der Waals surface area contributed by atoms with Crippen LogP contribution in [0.3, 0.4) is 0 Å². The van der Waals surface area contributed by atoms with Crippen LogP contribution in [0.2, 0.25) is 5.02 Å². The molecule has 0 fully saturated rings. The molecule has 0 saturated heterocycles. The van der Waals surface area contributed by atoms with Crippen LogP contribution in [0, 0.1) is 5.82 Å². The minimum absolute atomic E-state index is 0.0814. The smallest absolute Gasteiger partial charge is 0.244 e. The largest absolute Gasteiger partial charge is 0.348 e. The molecule has 4 rings (SSSR count). The van der Waals surface area contributed by atoms with Crippen LogP contribution >= 0.6 is 11.6 Å². The number of fused-ring (bicyclic) bond motifs is 1. The predicted octanol–water partition coefficient (Wildman–Crippen LogP) is 4.07. The van der Waals surface area contributed by atoms with Crippen molar-refractivity contribution in [2.24, 2.45) is 0 Å². The Labute approximate surface area is 156 Å². The highest BCUT2D eigenvalue weighted by molar-refractivity contribution is 7.89. The van der Waals surface area contributed by atoms with Gasteiger partial charge in [-0.15, -0.1) is 0 Å². The predicted molar refractivity (Wildman–Crippen MR) is 98.0 cm³/mol. The van der Waals surface area contributed by atoms with Gasteiger partial charge in [-0.05, 0) is 54.1 Å². The van der Waals surface area contributed by atoms with Gasteiger partial charge < -0.3 is 4.57 Å². The molecule has 3 aromatic rings. The fourth-order valence-corrected chi connectivity index (χ4v) is 5.05. The molecule has 1 aromatic heterocycles. The summed E-state index contributed by atoms with van der Waals surface area (Å²) in [4.78, 5) is 0.0814. The zero-order valence-electron chi connectivity index (χ0n) is 13.7. The summed E-state index contributed by atoms with van der Waals surface area (Å²) in [6.07, 6.45) is 1.94. The lowest BCUT2D eigenvalue weighted by molar-refractivity contribution is 0.298. The van der Waals surface area contributed by atoms with Crippen molar-refractivity contribution in [3.05, 3.63) is 89.0 Å². The first-order valence-corrected chi connectivity index (χ1v) is 9.96. The van der Waals surface area contributed by atoms with E-state index in [-0.39, 0.29) is 4.90 Å². The minimum Gasteiger partial charge on any atom is -0.348 e. The standard InChI is InChI=1S/C19H16ClFN2O2S/c20-15-5-3-14(4-6-15)19-18-2-1-11-22(18)12-13-23(19)26(24,25)17-9-7-16(21)8-10-17/h1-11,19H,12-13H2. The third kappa shape index (κ3) is 2.94. The van der Waals surface area contributed by atoms with Gasteiger partial charge in [0.15, 0.2) is 0 Å².